The summed E-state index contributed by atoms with van der Waals surface area (Å²) in [6.07, 6.45) is 0.750. The van der Waals surface area contributed by atoms with Crippen molar-refractivity contribution in [3.8, 4) is 0 Å². The molecule has 0 spiro atoms. The zero-order valence-electron chi connectivity index (χ0n) is 21.0. The Morgan fingerprint density at radius 1 is 0.429 bits per heavy atom. The number of rotatable bonds is 7. The number of hydrogen-bond acceptors (Lipinski definition) is 3. The Bertz CT molecular complexity index is 953. The molecule has 35 heavy (non-hydrogen) atoms. The van der Waals surface area contributed by atoms with Gasteiger partial charge in [-0.1, -0.05) is 121 Å². The molecule has 0 saturated carbocycles. The van der Waals surface area contributed by atoms with Crippen molar-refractivity contribution in [2.75, 3.05) is 0 Å². The summed E-state index contributed by atoms with van der Waals surface area (Å²) < 4.78 is 5.25. The molecule has 2 N–H and O–H groups in total. The van der Waals surface area contributed by atoms with Crippen LogP contribution in [-0.4, -0.2) is 22.4 Å². The molecule has 4 rings (SSSR count). The second kappa shape index (κ2) is 11.9. The van der Waals surface area contributed by atoms with E-state index in [2.05, 4.69) is 0 Å². The highest BCUT2D eigenvalue weighted by Crippen LogP contribution is 2.49. The van der Waals surface area contributed by atoms with Gasteiger partial charge in [0.25, 0.3) is 0 Å². The van der Waals surface area contributed by atoms with E-state index < -0.39 is 11.2 Å². The summed E-state index contributed by atoms with van der Waals surface area (Å²) in [5.74, 6) is 0. The van der Waals surface area contributed by atoms with Crippen LogP contribution < -0.4 is 0 Å². The minimum atomic E-state index is -1.70. The van der Waals surface area contributed by atoms with Crippen molar-refractivity contribution in [1.29, 1.82) is 0 Å². The minimum absolute atomic E-state index is 0.375. The molecule has 0 bridgehead atoms. The maximum Gasteiger partial charge on any atom is 0.152 e. The van der Waals surface area contributed by atoms with E-state index in [1.165, 1.54) is 0 Å². The predicted molar refractivity (Wildman–Crippen MR) is 143 cm³/mol. The summed E-state index contributed by atoms with van der Waals surface area (Å²) in [5.41, 5.74) is -0.906. The molecule has 4 aromatic carbocycles. The van der Waals surface area contributed by atoms with Crippen LogP contribution in [0.1, 0.15) is 49.9 Å². The molecule has 0 fully saturated rings. The van der Waals surface area contributed by atoms with Gasteiger partial charge in [0.15, 0.2) is 11.2 Å². The molecule has 0 aliphatic heterocycles. The van der Waals surface area contributed by atoms with Gasteiger partial charge in [-0.25, -0.2) is 0 Å². The van der Waals surface area contributed by atoms with Gasteiger partial charge in [-0.3, -0.25) is 0 Å². The Hall–Kier alpha value is -3.24. The summed E-state index contributed by atoms with van der Waals surface area (Å²) >= 11 is 0. The maximum atomic E-state index is 12.3. The molecule has 3 nitrogen and oxygen atoms in total. The molecule has 0 aromatic heterocycles. The van der Waals surface area contributed by atoms with Gasteiger partial charge in [-0.2, -0.15) is 0 Å². The maximum absolute atomic E-state index is 12.3. The van der Waals surface area contributed by atoms with Crippen LogP contribution in [0.15, 0.2) is 121 Å². The van der Waals surface area contributed by atoms with Crippen LogP contribution in [0.5, 0.6) is 0 Å². The summed E-state index contributed by atoms with van der Waals surface area (Å²) in [7, 11) is 0. The average molecular weight is 469 g/mol. The lowest BCUT2D eigenvalue weighted by molar-refractivity contribution is -0.113. The van der Waals surface area contributed by atoms with Crippen molar-refractivity contribution in [2.45, 2.75) is 51.1 Å². The third-order valence-corrected chi connectivity index (χ3v) is 5.83. The minimum Gasteiger partial charge on any atom is -0.377 e. The van der Waals surface area contributed by atoms with Crippen molar-refractivity contribution in [1.82, 2.24) is 0 Å². The molecule has 4 aromatic rings. The second-order valence-corrected chi connectivity index (χ2v) is 9.12. The quantitative estimate of drug-likeness (QED) is 0.318. The smallest absolute Gasteiger partial charge is 0.152 e. The van der Waals surface area contributed by atoms with E-state index in [1.807, 2.05) is 149 Å². The highest BCUT2D eigenvalue weighted by Gasteiger charge is 2.54. The molecular formula is C32H36O3. The standard InChI is InChI=1S/C26H22O2.C6H14O/c27-25(21-13-5-1-6-14-21,22-15-7-2-8-16-22)26(28,23-17-9-3-10-18-23)24-19-11-4-12-20-24;1-5(2)7-6(3)4/h1-20,27-28H;5-6H,1-4H3. The van der Waals surface area contributed by atoms with Crippen molar-refractivity contribution in [3.05, 3.63) is 144 Å². The first-order chi connectivity index (χ1) is 16.8. The van der Waals surface area contributed by atoms with Crippen LogP contribution in [0, 0.1) is 0 Å². The van der Waals surface area contributed by atoms with Gasteiger partial charge in [0.2, 0.25) is 0 Å². The molecule has 3 heteroatoms. The number of hydrogen-bond donors (Lipinski definition) is 2. The lowest BCUT2D eigenvalue weighted by atomic mass is 9.66. The first-order valence-electron chi connectivity index (χ1n) is 12.1. The SMILES string of the molecule is CC(C)OC(C)C.OC(c1ccccc1)(c1ccccc1)C(O)(c1ccccc1)c1ccccc1. The lowest BCUT2D eigenvalue weighted by Gasteiger charge is -2.45. The molecule has 0 amide bonds. The molecule has 0 unspecified atom stereocenters. The van der Waals surface area contributed by atoms with Crippen LogP contribution in [0.4, 0.5) is 0 Å². The summed E-state index contributed by atoms with van der Waals surface area (Å²) in [5, 5.41) is 24.7. The van der Waals surface area contributed by atoms with Crippen LogP contribution in [0.2, 0.25) is 0 Å². The molecule has 0 radical (unpaired) electrons. The average Bonchev–Trinajstić information content (AvgIpc) is 2.89. The van der Waals surface area contributed by atoms with Gasteiger partial charge in [0, 0.05) is 0 Å². The lowest BCUT2D eigenvalue weighted by Crippen LogP contribution is -2.51. The van der Waals surface area contributed by atoms with Gasteiger partial charge in [0.05, 0.1) is 12.2 Å². The largest absolute Gasteiger partial charge is 0.377 e. The van der Waals surface area contributed by atoms with Crippen molar-refractivity contribution in [3.63, 3.8) is 0 Å². The van der Waals surface area contributed by atoms with Gasteiger partial charge >= 0.3 is 0 Å². The normalized spacial score (nSPS) is 11.8. The fraction of sp³-hybridized carbons (Fsp3) is 0.250. The molecular weight excluding hydrogens is 432 g/mol. The zero-order chi connectivity index (χ0) is 25.3. The van der Waals surface area contributed by atoms with Crippen molar-refractivity contribution < 1.29 is 14.9 Å². The highest BCUT2D eigenvalue weighted by molar-refractivity contribution is 5.50. The summed E-state index contributed by atoms with van der Waals surface area (Å²) in [6, 6.07) is 37.4. The van der Waals surface area contributed by atoms with Gasteiger partial charge in [-0.05, 0) is 49.9 Å². The Labute approximate surface area is 209 Å². The molecule has 0 saturated heterocycles. The van der Waals surface area contributed by atoms with Crippen molar-refractivity contribution >= 4 is 0 Å². The van der Waals surface area contributed by atoms with E-state index in [1.54, 1.807) is 0 Å². The second-order valence-electron chi connectivity index (χ2n) is 9.12. The highest BCUT2D eigenvalue weighted by atomic mass is 16.5. The monoisotopic (exact) mass is 468 g/mol. The molecule has 182 valence electrons. The Balaban J connectivity index is 0.000000429. The van der Waals surface area contributed by atoms with E-state index in [-0.39, 0.29) is 0 Å². The summed E-state index contributed by atoms with van der Waals surface area (Å²) in [4.78, 5) is 0. The van der Waals surface area contributed by atoms with Crippen LogP contribution >= 0.6 is 0 Å². The first kappa shape index (κ1) is 26.4. The number of aliphatic hydroxyl groups is 2. The van der Waals surface area contributed by atoms with Crippen LogP contribution in [0.25, 0.3) is 0 Å². The molecule has 0 heterocycles. The van der Waals surface area contributed by atoms with Crippen LogP contribution in [0.3, 0.4) is 0 Å². The molecule has 0 aliphatic rings. The van der Waals surface area contributed by atoms with Gasteiger partial charge in [-0.15, -0.1) is 0 Å². The topological polar surface area (TPSA) is 49.7 Å². The number of ether oxygens (including phenoxy) is 1. The van der Waals surface area contributed by atoms with Crippen LogP contribution in [-0.2, 0) is 15.9 Å². The third-order valence-electron chi connectivity index (χ3n) is 5.83. The van der Waals surface area contributed by atoms with E-state index in [0.717, 1.165) is 0 Å². The van der Waals surface area contributed by atoms with Crippen molar-refractivity contribution in [2.24, 2.45) is 0 Å². The first-order valence-corrected chi connectivity index (χ1v) is 12.1. The molecule has 0 atom stereocenters. The third kappa shape index (κ3) is 5.88. The van der Waals surface area contributed by atoms with Gasteiger partial charge < -0.3 is 14.9 Å². The van der Waals surface area contributed by atoms with E-state index in [0.29, 0.717) is 34.5 Å². The van der Waals surface area contributed by atoms with E-state index >= 15 is 0 Å². The number of benzene rings is 4. The summed E-state index contributed by atoms with van der Waals surface area (Å²) in [6.45, 7) is 8.17. The Morgan fingerprint density at radius 3 is 0.771 bits per heavy atom. The van der Waals surface area contributed by atoms with E-state index in [9.17, 15) is 10.2 Å². The Morgan fingerprint density at radius 2 is 0.629 bits per heavy atom. The zero-order valence-corrected chi connectivity index (χ0v) is 21.0. The predicted octanol–water partition coefficient (Wildman–Crippen LogP) is 6.68. The van der Waals surface area contributed by atoms with E-state index in [4.69, 9.17) is 4.74 Å². The fourth-order valence-electron chi connectivity index (χ4n) is 4.43. The molecule has 0 aliphatic carbocycles. The van der Waals surface area contributed by atoms with Gasteiger partial charge in [0.1, 0.15) is 0 Å². The Kier molecular flexibility index (Phi) is 9.00. The fourth-order valence-corrected chi connectivity index (χ4v) is 4.43.